The first kappa shape index (κ1) is 25.6. The summed E-state index contributed by atoms with van der Waals surface area (Å²) >= 11 is 17.8. The van der Waals surface area contributed by atoms with E-state index < -0.39 is 0 Å². The van der Waals surface area contributed by atoms with E-state index in [2.05, 4.69) is 15.8 Å². The summed E-state index contributed by atoms with van der Waals surface area (Å²) in [5, 5.41) is 8.50. The monoisotopic (exact) mass is 517 g/mol. The second kappa shape index (κ2) is 12.4. The number of hydrogen-bond donors (Lipinski definition) is 2. The molecule has 3 aromatic carbocycles. The van der Waals surface area contributed by atoms with Crippen molar-refractivity contribution in [3.05, 3.63) is 92.9 Å². The number of halogens is 3. The van der Waals surface area contributed by atoms with Crippen molar-refractivity contribution in [1.29, 1.82) is 0 Å². The highest BCUT2D eigenvalue weighted by Gasteiger charge is 2.08. The summed E-state index contributed by atoms with van der Waals surface area (Å²) in [5.41, 5.74) is 5.00. The van der Waals surface area contributed by atoms with E-state index in [9.17, 15) is 9.59 Å². The van der Waals surface area contributed by atoms with Gasteiger partial charge in [-0.15, -0.1) is 0 Å². The maximum absolute atomic E-state index is 12.4. The van der Waals surface area contributed by atoms with E-state index in [0.29, 0.717) is 50.8 Å². The quantitative estimate of drug-likeness (QED) is 0.190. The van der Waals surface area contributed by atoms with Crippen LogP contribution in [0, 0.1) is 0 Å². The Hall–Kier alpha value is -3.06. The molecule has 0 aliphatic carbocycles. The highest BCUT2D eigenvalue weighted by molar-refractivity contribution is 6.35. The largest absolute Gasteiger partial charge is 0.492 e. The van der Waals surface area contributed by atoms with Crippen LogP contribution in [0.1, 0.15) is 35.7 Å². The van der Waals surface area contributed by atoms with Gasteiger partial charge in [-0.05, 0) is 73.5 Å². The van der Waals surface area contributed by atoms with Gasteiger partial charge in [0.25, 0.3) is 5.91 Å². The summed E-state index contributed by atoms with van der Waals surface area (Å²) in [4.78, 5) is 24.5. The molecule has 6 nitrogen and oxygen atoms in total. The summed E-state index contributed by atoms with van der Waals surface area (Å²) in [6, 6.07) is 18.8. The number of amides is 2. The Kier molecular flexibility index (Phi) is 9.33. The lowest BCUT2D eigenvalue weighted by atomic mass is 10.1. The SMILES string of the molecule is C/C(=N/NC(=O)CCCOc1ccc(Cl)cc1Cl)c1cccc(NC(=O)c2ccc(Cl)cc2)c1. The fourth-order valence-electron chi connectivity index (χ4n) is 2.90. The molecule has 9 heteroatoms. The molecule has 0 heterocycles. The van der Waals surface area contributed by atoms with Crippen molar-refractivity contribution in [2.45, 2.75) is 19.8 Å². The molecule has 0 aliphatic rings. The molecule has 0 fully saturated rings. The van der Waals surface area contributed by atoms with Crippen molar-refractivity contribution in [3.8, 4) is 5.75 Å². The van der Waals surface area contributed by atoms with E-state index in [1.54, 1.807) is 67.6 Å². The molecular weight excluding hydrogens is 497 g/mol. The van der Waals surface area contributed by atoms with E-state index in [1.807, 2.05) is 6.07 Å². The van der Waals surface area contributed by atoms with Crippen molar-refractivity contribution < 1.29 is 14.3 Å². The fourth-order valence-corrected chi connectivity index (χ4v) is 3.49. The Labute approximate surface area is 212 Å². The van der Waals surface area contributed by atoms with Gasteiger partial charge in [0.05, 0.1) is 17.3 Å². The van der Waals surface area contributed by atoms with Crippen LogP contribution >= 0.6 is 34.8 Å². The molecule has 0 unspecified atom stereocenters. The number of hydrazone groups is 1. The third kappa shape index (κ3) is 7.76. The molecule has 2 amide bonds. The molecule has 0 radical (unpaired) electrons. The fraction of sp³-hybridized carbons (Fsp3) is 0.160. The van der Waals surface area contributed by atoms with Gasteiger partial charge in [-0.2, -0.15) is 5.10 Å². The van der Waals surface area contributed by atoms with Crippen molar-refractivity contribution in [3.63, 3.8) is 0 Å². The molecule has 3 aromatic rings. The van der Waals surface area contributed by atoms with Gasteiger partial charge < -0.3 is 10.1 Å². The zero-order valence-corrected chi connectivity index (χ0v) is 20.5. The molecule has 34 heavy (non-hydrogen) atoms. The lowest BCUT2D eigenvalue weighted by Crippen LogP contribution is -2.19. The number of anilines is 1. The maximum atomic E-state index is 12.4. The normalized spacial score (nSPS) is 11.1. The van der Waals surface area contributed by atoms with Crippen molar-refractivity contribution in [1.82, 2.24) is 5.43 Å². The van der Waals surface area contributed by atoms with Gasteiger partial charge in [0.1, 0.15) is 5.75 Å². The van der Waals surface area contributed by atoms with E-state index >= 15 is 0 Å². The standard InChI is InChI=1S/C25H22Cl3N3O3/c1-16(30-31-24(32)6-3-13-34-23-12-11-20(27)15-22(23)28)18-4-2-5-21(14-18)29-25(33)17-7-9-19(26)10-8-17/h2,4-5,7-12,14-15H,3,6,13H2,1H3,(H,29,33)(H,31,32)/b30-16-. The first-order valence-electron chi connectivity index (χ1n) is 10.4. The van der Waals surface area contributed by atoms with Crippen LogP contribution in [0.2, 0.25) is 15.1 Å². The van der Waals surface area contributed by atoms with E-state index in [1.165, 1.54) is 0 Å². The van der Waals surface area contributed by atoms with Gasteiger partial charge in [-0.1, -0.05) is 46.9 Å². The summed E-state index contributed by atoms with van der Waals surface area (Å²) in [6.07, 6.45) is 0.727. The van der Waals surface area contributed by atoms with Gasteiger partial charge >= 0.3 is 0 Å². The molecule has 0 atom stereocenters. The minimum absolute atomic E-state index is 0.235. The Morgan fingerprint density at radius 2 is 1.65 bits per heavy atom. The molecule has 0 aromatic heterocycles. The number of benzene rings is 3. The van der Waals surface area contributed by atoms with Crippen LogP contribution in [0.4, 0.5) is 5.69 Å². The number of hydrogen-bond acceptors (Lipinski definition) is 4. The van der Waals surface area contributed by atoms with Crippen molar-refractivity contribution in [2.24, 2.45) is 5.10 Å². The van der Waals surface area contributed by atoms with Crippen molar-refractivity contribution >= 4 is 58.0 Å². The smallest absolute Gasteiger partial charge is 0.255 e. The Morgan fingerprint density at radius 1 is 0.912 bits per heavy atom. The Balaban J connectivity index is 1.48. The zero-order chi connectivity index (χ0) is 24.5. The van der Waals surface area contributed by atoms with Crippen LogP contribution in [0.25, 0.3) is 0 Å². The summed E-state index contributed by atoms with van der Waals surface area (Å²) in [7, 11) is 0. The minimum atomic E-state index is -0.251. The molecule has 0 aliphatic heterocycles. The minimum Gasteiger partial charge on any atom is -0.492 e. The lowest BCUT2D eigenvalue weighted by molar-refractivity contribution is -0.121. The average Bonchev–Trinajstić information content (AvgIpc) is 2.82. The van der Waals surface area contributed by atoms with Gasteiger partial charge in [-0.25, -0.2) is 5.43 Å². The molecule has 2 N–H and O–H groups in total. The highest BCUT2D eigenvalue weighted by Crippen LogP contribution is 2.27. The zero-order valence-electron chi connectivity index (χ0n) is 18.3. The molecule has 0 saturated heterocycles. The van der Waals surface area contributed by atoms with Gasteiger partial charge in [-0.3, -0.25) is 9.59 Å². The van der Waals surface area contributed by atoms with Gasteiger partial charge in [0.2, 0.25) is 5.91 Å². The summed E-state index contributed by atoms with van der Waals surface area (Å²) in [5.74, 6) is 0.0274. The average molecular weight is 519 g/mol. The predicted octanol–water partition coefficient (Wildman–Crippen LogP) is 6.60. The Bertz CT molecular complexity index is 1200. The van der Waals surface area contributed by atoms with E-state index in [0.717, 1.165) is 5.56 Å². The van der Waals surface area contributed by atoms with Crippen LogP contribution in [0.15, 0.2) is 71.8 Å². The van der Waals surface area contributed by atoms with E-state index in [4.69, 9.17) is 39.5 Å². The maximum Gasteiger partial charge on any atom is 0.255 e. The Morgan fingerprint density at radius 3 is 2.38 bits per heavy atom. The predicted molar refractivity (Wildman–Crippen MR) is 137 cm³/mol. The molecule has 176 valence electrons. The van der Waals surface area contributed by atoms with Crippen LogP contribution in [-0.2, 0) is 4.79 Å². The lowest BCUT2D eigenvalue weighted by Gasteiger charge is -2.09. The van der Waals surface area contributed by atoms with Crippen LogP contribution in [0.5, 0.6) is 5.75 Å². The molecular formula is C25H22Cl3N3O3. The van der Waals surface area contributed by atoms with Gasteiger partial charge in [0.15, 0.2) is 0 Å². The topological polar surface area (TPSA) is 79.8 Å². The summed E-state index contributed by atoms with van der Waals surface area (Å²) in [6.45, 7) is 2.10. The number of rotatable bonds is 9. The molecule has 0 spiro atoms. The first-order valence-corrected chi connectivity index (χ1v) is 11.5. The van der Waals surface area contributed by atoms with Crippen LogP contribution in [-0.4, -0.2) is 24.1 Å². The third-order valence-electron chi connectivity index (χ3n) is 4.69. The van der Waals surface area contributed by atoms with Crippen molar-refractivity contribution in [2.75, 3.05) is 11.9 Å². The third-order valence-corrected chi connectivity index (χ3v) is 5.48. The number of carbonyl (C=O) groups is 2. The number of nitrogens with zero attached hydrogens (tertiary/aromatic N) is 1. The van der Waals surface area contributed by atoms with Crippen LogP contribution < -0.4 is 15.5 Å². The van der Waals surface area contributed by atoms with E-state index in [-0.39, 0.29) is 18.2 Å². The second-order valence-electron chi connectivity index (χ2n) is 7.30. The molecule has 0 saturated carbocycles. The van der Waals surface area contributed by atoms with Crippen LogP contribution in [0.3, 0.4) is 0 Å². The number of carbonyl (C=O) groups excluding carboxylic acids is 2. The second-order valence-corrected chi connectivity index (χ2v) is 8.58. The number of ether oxygens (including phenoxy) is 1. The molecule has 3 rings (SSSR count). The first-order chi connectivity index (χ1) is 16.3. The van der Waals surface area contributed by atoms with Gasteiger partial charge in [0, 0.05) is 27.7 Å². The number of nitrogens with one attached hydrogen (secondary N) is 2. The summed E-state index contributed by atoms with van der Waals surface area (Å²) < 4.78 is 5.57. The molecule has 0 bridgehead atoms. The highest BCUT2D eigenvalue weighted by atomic mass is 35.5.